The monoisotopic (exact) mass is 503 g/mol. The molecule has 0 saturated carbocycles. The van der Waals surface area contributed by atoms with Crippen molar-refractivity contribution in [2.75, 3.05) is 6.54 Å². The lowest BCUT2D eigenvalue weighted by atomic mass is 10.1. The van der Waals surface area contributed by atoms with E-state index in [0.29, 0.717) is 15.6 Å². The van der Waals surface area contributed by atoms with Crippen molar-refractivity contribution in [3.63, 3.8) is 0 Å². The zero-order chi connectivity index (χ0) is 23.8. The van der Waals surface area contributed by atoms with Gasteiger partial charge in [0.2, 0.25) is 10.0 Å². The highest BCUT2D eigenvalue weighted by Gasteiger charge is 2.27. The Morgan fingerprint density at radius 1 is 1.03 bits per heavy atom. The van der Waals surface area contributed by atoms with E-state index >= 15 is 0 Å². The number of carbonyl (C=O) groups excluding carboxylic acids is 1. The molecule has 0 saturated heterocycles. The first-order valence-corrected chi connectivity index (χ1v) is 12.4. The van der Waals surface area contributed by atoms with E-state index in [4.69, 9.17) is 23.2 Å². The molecule has 0 spiro atoms. The van der Waals surface area contributed by atoms with Gasteiger partial charge in [-0.2, -0.15) is 9.41 Å². The second-order valence-electron chi connectivity index (χ2n) is 7.21. The van der Waals surface area contributed by atoms with E-state index in [1.165, 1.54) is 30.0 Å². The van der Waals surface area contributed by atoms with E-state index in [0.717, 1.165) is 16.3 Å². The van der Waals surface area contributed by atoms with Gasteiger partial charge in [0, 0.05) is 16.6 Å². The van der Waals surface area contributed by atoms with E-state index in [9.17, 15) is 13.2 Å². The van der Waals surface area contributed by atoms with E-state index in [1.54, 1.807) is 30.3 Å². The number of halogens is 2. The van der Waals surface area contributed by atoms with Crippen LogP contribution in [0.1, 0.15) is 23.6 Å². The Morgan fingerprint density at radius 2 is 1.73 bits per heavy atom. The molecule has 0 fully saturated rings. The second-order valence-corrected chi connectivity index (χ2v) is 9.99. The lowest BCUT2D eigenvalue weighted by molar-refractivity contribution is -0.121. The van der Waals surface area contributed by atoms with Crippen molar-refractivity contribution in [1.29, 1.82) is 0 Å². The highest BCUT2D eigenvalue weighted by Crippen LogP contribution is 2.25. The highest BCUT2D eigenvalue weighted by molar-refractivity contribution is 7.89. The first-order valence-electron chi connectivity index (χ1n) is 10.2. The van der Waals surface area contributed by atoms with Crippen LogP contribution in [-0.4, -0.2) is 31.4 Å². The molecule has 172 valence electrons. The topological polar surface area (TPSA) is 78.8 Å². The minimum Gasteiger partial charge on any atom is -0.272 e. The van der Waals surface area contributed by atoms with E-state index in [2.05, 4.69) is 17.5 Å². The van der Waals surface area contributed by atoms with Crippen LogP contribution in [0.25, 0.3) is 0 Å². The zero-order valence-electron chi connectivity index (χ0n) is 17.9. The van der Waals surface area contributed by atoms with Gasteiger partial charge in [0.05, 0.1) is 17.7 Å². The summed E-state index contributed by atoms with van der Waals surface area (Å²) in [6, 6.07) is 20.4. The maximum atomic E-state index is 13.2. The maximum Gasteiger partial charge on any atom is 0.255 e. The van der Waals surface area contributed by atoms with Crippen LogP contribution in [-0.2, 0) is 27.8 Å². The standard InChI is InChI=1S/C24H23Cl2N3O3S/c1-2-18-8-10-19(11-9-18)15-27-28-24(30)17-29(16-20-12-13-21(25)14-23(20)26)33(31,32)22-6-4-3-5-7-22/h3-15H,2,16-17H2,1H3,(H,28,30)/b27-15-. The summed E-state index contributed by atoms with van der Waals surface area (Å²) in [6.07, 6.45) is 2.43. The average molecular weight is 504 g/mol. The highest BCUT2D eigenvalue weighted by atomic mass is 35.5. The number of carbonyl (C=O) groups is 1. The Labute approximate surface area is 203 Å². The number of hydrazone groups is 1. The molecule has 0 bridgehead atoms. The summed E-state index contributed by atoms with van der Waals surface area (Å²) in [5, 5.41) is 4.69. The predicted octanol–water partition coefficient (Wildman–Crippen LogP) is 4.90. The van der Waals surface area contributed by atoms with Crippen LogP contribution in [0.4, 0.5) is 0 Å². The van der Waals surface area contributed by atoms with Crippen molar-refractivity contribution in [2.24, 2.45) is 5.10 Å². The molecule has 9 heteroatoms. The molecule has 0 heterocycles. The molecule has 0 aromatic heterocycles. The summed E-state index contributed by atoms with van der Waals surface area (Å²) in [5.41, 5.74) is 4.92. The summed E-state index contributed by atoms with van der Waals surface area (Å²) in [6.45, 7) is 1.51. The maximum absolute atomic E-state index is 13.2. The molecule has 33 heavy (non-hydrogen) atoms. The Kier molecular flexibility index (Phi) is 8.63. The number of amides is 1. The van der Waals surface area contributed by atoms with Gasteiger partial charge in [-0.15, -0.1) is 0 Å². The fourth-order valence-electron chi connectivity index (χ4n) is 3.02. The fourth-order valence-corrected chi connectivity index (χ4v) is 4.88. The number of benzene rings is 3. The van der Waals surface area contributed by atoms with Gasteiger partial charge in [-0.1, -0.05) is 78.7 Å². The van der Waals surface area contributed by atoms with Gasteiger partial charge < -0.3 is 0 Å². The zero-order valence-corrected chi connectivity index (χ0v) is 20.2. The minimum absolute atomic E-state index is 0.0717. The van der Waals surface area contributed by atoms with Crippen LogP contribution in [0.2, 0.25) is 10.0 Å². The normalized spacial score (nSPS) is 11.8. The molecule has 1 amide bonds. The Bertz CT molecular complexity index is 1230. The van der Waals surface area contributed by atoms with Gasteiger partial charge >= 0.3 is 0 Å². The summed E-state index contributed by atoms with van der Waals surface area (Å²) < 4.78 is 27.5. The number of rotatable bonds is 9. The molecule has 6 nitrogen and oxygen atoms in total. The quantitative estimate of drug-likeness (QED) is 0.333. The lowest BCUT2D eigenvalue weighted by Gasteiger charge is -2.22. The molecule has 3 aromatic carbocycles. The third kappa shape index (κ3) is 6.88. The Balaban J connectivity index is 1.78. The minimum atomic E-state index is -3.98. The van der Waals surface area contributed by atoms with Crippen molar-refractivity contribution in [2.45, 2.75) is 24.8 Å². The van der Waals surface area contributed by atoms with Gasteiger partial charge in [-0.3, -0.25) is 4.79 Å². The van der Waals surface area contributed by atoms with Crippen molar-refractivity contribution in [1.82, 2.24) is 9.73 Å². The van der Waals surface area contributed by atoms with E-state index in [1.807, 2.05) is 24.3 Å². The van der Waals surface area contributed by atoms with Crippen LogP contribution in [0, 0.1) is 0 Å². The molecular formula is C24H23Cl2N3O3S. The van der Waals surface area contributed by atoms with Crippen LogP contribution in [0.5, 0.6) is 0 Å². The number of sulfonamides is 1. The molecule has 0 atom stereocenters. The molecule has 0 radical (unpaired) electrons. The number of hydrogen-bond acceptors (Lipinski definition) is 4. The predicted molar refractivity (Wildman–Crippen MR) is 132 cm³/mol. The SMILES string of the molecule is CCc1ccc(/C=N\NC(=O)CN(Cc2ccc(Cl)cc2Cl)S(=O)(=O)c2ccccc2)cc1. The Morgan fingerprint density at radius 3 is 2.36 bits per heavy atom. The molecular weight excluding hydrogens is 481 g/mol. The van der Waals surface area contributed by atoms with Gasteiger partial charge in [-0.05, 0) is 47.4 Å². The van der Waals surface area contributed by atoms with E-state index < -0.39 is 22.5 Å². The molecule has 0 unspecified atom stereocenters. The van der Waals surface area contributed by atoms with Gasteiger partial charge in [0.15, 0.2) is 0 Å². The molecule has 3 aromatic rings. The smallest absolute Gasteiger partial charge is 0.255 e. The first-order chi connectivity index (χ1) is 15.8. The summed E-state index contributed by atoms with van der Waals surface area (Å²) in [7, 11) is -3.98. The largest absolute Gasteiger partial charge is 0.272 e. The van der Waals surface area contributed by atoms with Crippen LogP contribution >= 0.6 is 23.2 Å². The Hall–Kier alpha value is -2.71. The van der Waals surface area contributed by atoms with Crippen LogP contribution in [0.3, 0.4) is 0 Å². The van der Waals surface area contributed by atoms with Crippen LogP contribution in [0.15, 0.2) is 82.8 Å². The molecule has 0 aliphatic carbocycles. The van der Waals surface area contributed by atoms with E-state index in [-0.39, 0.29) is 11.4 Å². The van der Waals surface area contributed by atoms with Gasteiger partial charge in [0.25, 0.3) is 5.91 Å². The molecule has 0 aliphatic heterocycles. The number of nitrogens with one attached hydrogen (secondary N) is 1. The second kappa shape index (κ2) is 11.4. The van der Waals surface area contributed by atoms with Crippen molar-refractivity contribution in [3.05, 3.63) is 99.5 Å². The first kappa shape index (κ1) is 24.9. The number of hydrogen-bond donors (Lipinski definition) is 1. The third-order valence-electron chi connectivity index (χ3n) is 4.85. The summed E-state index contributed by atoms with van der Waals surface area (Å²) in [5.74, 6) is -0.582. The van der Waals surface area contributed by atoms with Gasteiger partial charge in [0.1, 0.15) is 0 Å². The van der Waals surface area contributed by atoms with Gasteiger partial charge in [-0.25, -0.2) is 13.8 Å². The molecule has 3 rings (SSSR count). The van der Waals surface area contributed by atoms with Crippen LogP contribution < -0.4 is 5.43 Å². The summed E-state index contributed by atoms with van der Waals surface area (Å²) in [4.78, 5) is 12.6. The van der Waals surface area contributed by atoms with Crippen molar-refractivity contribution in [3.8, 4) is 0 Å². The van der Waals surface area contributed by atoms with Crippen molar-refractivity contribution >= 4 is 45.3 Å². The fraction of sp³-hybridized carbons (Fsp3) is 0.167. The lowest BCUT2D eigenvalue weighted by Crippen LogP contribution is -2.39. The third-order valence-corrected chi connectivity index (χ3v) is 7.25. The summed E-state index contributed by atoms with van der Waals surface area (Å²) >= 11 is 12.2. The number of nitrogens with zero attached hydrogens (tertiary/aromatic N) is 2. The number of aryl methyl sites for hydroxylation is 1. The van der Waals surface area contributed by atoms with Crippen molar-refractivity contribution < 1.29 is 13.2 Å². The molecule has 0 aliphatic rings. The molecule has 1 N–H and O–H groups in total. The average Bonchev–Trinajstić information content (AvgIpc) is 2.81.